The lowest BCUT2D eigenvalue weighted by Crippen LogP contribution is -2.23. The monoisotopic (exact) mass is 424 g/mol. The molecule has 3 aromatic carbocycles. The van der Waals surface area contributed by atoms with E-state index in [0.29, 0.717) is 17.2 Å². The van der Waals surface area contributed by atoms with E-state index in [1.807, 2.05) is 66.7 Å². The molecule has 1 aliphatic carbocycles. The third-order valence-electron chi connectivity index (χ3n) is 6.11. The molecule has 0 radical (unpaired) electrons. The number of fused-ring (bicyclic) bond motifs is 3. The zero-order chi connectivity index (χ0) is 22.1. The molecule has 160 valence electrons. The van der Waals surface area contributed by atoms with Crippen molar-refractivity contribution in [2.75, 3.05) is 11.9 Å². The summed E-state index contributed by atoms with van der Waals surface area (Å²) in [5, 5.41) is 5.62. The Kier molecular flexibility index (Phi) is 5.31. The number of aryl methyl sites for hydroxylation is 1. The van der Waals surface area contributed by atoms with E-state index in [4.69, 9.17) is 9.72 Å². The Hall–Kier alpha value is -3.73. The molecule has 1 atom stereocenters. The van der Waals surface area contributed by atoms with Crippen LogP contribution in [0, 0.1) is 5.92 Å². The number of para-hydroxylation sites is 1. The summed E-state index contributed by atoms with van der Waals surface area (Å²) in [5.41, 5.74) is 3.96. The molecule has 1 amide bonds. The molecule has 1 aliphatic rings. The van der Waals surface area contributed by atoms with Gasteiger partial charge in [-0.25, -0.2) is 4.79 Å². The van der Waals surface area contributed by atoms with Gasteiger partial charge in [0.2, 0.25) is 0 Å². The van der Waals surface area contributed by atoms with Gasteiger partial charge in [0.25, 0.3) is 5.91 Å². The minimum Gasteiger partial charge on any atom is -0.452 e. The molecule has 0 aliphatic heterocycles. The molecule has 1 aromatic heterocycles. The van der Waals surface area contributed by atoms with Crippen LogP contribution in [-0.4, -0.2) is 23.5 Å². The highest BCUT2D eigenvalue weighted by Gasteiger charge is 2.26. The summed E-state index contributed by atoms with van der Waals surface area (Å²) in [6.07, 6.45) is 2.70. The third-order valence-corrected chi connectivity index (χ3v) is 6.11. The van der Waals surface area contributed by atoms with Crippen molar-refractivity contribution in [2.24, 2.45) is 5.92 Å². The molecule has 0 spiro atoms. The highest BCUT2D eigenvalue weighted by atomic mass is 16.5. The van der Waals surface area contributed by atoms with Crippen LogP contribution in [-0.2, 0) is 22.4 Å². The standard InChI is InChI=1S/C27H24N2O3/c1-17-13-14-24-21(15-17)26(20-10-4-5-11-23(20)28-24)27(31)32-16-25(30)29-22-12-6-8-18-7-2-3-9-19(18)22/h2-12,17H,13-16H2,1H3,(H,29,30)/t17-/m0/s1. The molecular weight excluding hydrogens is 400 g/mol. The molecule has 0 unspecified atom stereocenters. The Morgan fingerprint density at radius 3 is 2.62 bits per heavy atom. The third kappa shape index (κ3) is 3.82. The fourth-order valence-electron chi connectivity index (χ4n) is 4.52. The number of amides is 1. The molecule has 5 rings (SSSR count). The summed E-state index contributed by atoms with van der Waals surface area (Å²) in [6.45, 7) is 1.84. The number of hydrogen-bond acceptors (Lipinski definition) is 4. The van der Waals surface area contributed by atoms with Crippen LogP contribution < -0.4 is 5.32 Å². The van der Waals surface area contributed by atoms with E-state index in [2.05, 4.69) is 12.2 Å². The highest BCUT2D eigenvalue weighted by molar-refractivity contribution is 6.07. The maximum atomic E-state index is 13.2. The van der Waals surface area contributed by atoms with Crippen LogP contribution in [0.1, 0.15) is 35.0 Å². The van der Waals surface area contributed by atoms with Crippen LogP contribution in [0.15, 0.2) is 66.7 Å². The van der Waals surface area contributed by atoms with Gasteiger partial charge in [-0.3, -0.25) is 9.78 Å². The van der Waals surface area contributed by atoms with Crippen molar-refractivity contribution >= 4 is 39.2 Å². The Balaban J connectivity index is 1.38. The van der Waals surface area contributed by atoms with Gasteiger partial charge in [-0.05, 0) is 48.3 Å². The normalized spacial score (nSPS) is 15.3. The van der Waals surface area contributed by atoms with Gasteiger partial charge in [-0.15, -0.1) is 0 Å². The number of carbonyl (C=O) groups excluding carboxylic acids is 2. The molecule has 32 heavy (non-hydrogen) atoms. The molecule has 5 heteroatoms. The summed E-state index contributed by atoms with van der Waals surface area (Å²) >= 11 is 0. The van der Waals surface area contributed by atoms with Crippen LogP contribution in [0.2, 0.25) is 0 Å². The van der Waals surface area contributed by atoms with Crippen molar-refractivity contribution in [3.05, 3.63) is 83.6 Å². The molecule has 4 aromatic rings. The molecular formula is C27H24N2O3. The molecule has 0 saturated carbocycles. The van der Waals surface area contributed by atoms with Gasteiger partial charge in [0.15, 0.2) is 6.61 Å². The van der Waals surface area contributed by atoms with E-state index in [0.717, 1.165) is 52.2 Å². The summed E-state index contributed by atoms with van der Waals surface area (Å²) in [4.78, 5) is 30.6. The topological polar surface area (TPSA) is 68.3 Å². The molecule has 1 N–H and O–H groups in total. The Labute approximate surface area is 186 Å². The second-order valence-electron chi connectivity index (χ2n) is 8.43. The number of pyridine rings is 1. The van der Waals surface area contributed by atoms with Gasteiger partial charge in [-0.1, -0.05) is 61.5 Å². The Bertz CT molecular complexity index is 1340. The van der Waals surface area contributed by atoms with E-state index in [9.17, 15) is 9.59 Å². The number of esters is 1. The van der Waals surface area contributed by atoms with Crippen LogP contribution in [0.3, 0.4) is 0 Å². The minimum absolute atomic E-state index is 0.344. The second kappa shape index (κ2) is 8.42. The van der Waals surface area contributed by atoms with E-state index < -0.39 is 5.97 Å². The second-order valence-corrected chi connectivity index (χ2v) is 8.43. The number of carbonyl (C=O) groups is 2. The highest BCUT2D eigenvalue weighted by Crippen LogP contribution is 2.32. The summed E-state index contributed by atoms with van der Waals surface area (Å²) < 4.78 is 5.50. The number of hydrogen-bond donors (Lipinski definition) is 1. The number of aromatic nitrogens is 1. The first-order valence-electron chi connectivity index (χ1n) is 11.0. The average Bonchev–Trinajstić information content (AvgIpc) is 2.81. The van der Waals surface area contributed by atoms with Crippen molar-refractivity contribution in [3.8, 4) is 0 Å². The smallest absolute Gasteiger partial charge is 0.339 e. The number of ether oxygens (including phenoxy) is 1. The maximum Gasteiger partial charge on any atom is 0.339 e. The van der Waals surface area contributed by atoms with Gasteiger partial charge in [0.05, 0.1) is 11.1 Å². The van der Waals surface area contributed by atoms with Crippen molar-refractivity contribution in [1.82, 2.24) is 4.98 Å². The minimum atomic E-state index is -0.470. The number of benzene rings is 3. The lowest BCUT2D eigenvalue weighted by atomic mass is 9.84. The number of rotatable bonds is 4. The molecule has 1 heterocycles. The zero-order valence-corrected chi connectivity index (χ0v) is 17.9. The molecule has 0 saturated heterocycles. The van der Waals surface area contributed by atoms with Crippen molar-refractivity contribution in [1.29, 1.82) is 0 Å². The van der Waals surface area contributed by atoms with Crippen molar-refractivity contribution in [3.63, 3.8) is 0 Å². The van der Waals surface area contributed by atoms with Crippen LogP contribution >= 0.6 is 0 Å². The first kappa shape index (κ1) is 20.2. The van der Waals surface area contributed by atoms with Gasteiger partial charge in [-0.2, -0.15) is 0 Å². The van der Waals surface area contributed by atoms with E-state index in [1.165, 1.54) is 0 Å². The number of nitrogens with zero attached hydrogens (tertiary/aromatic N) is 1. The summed E-state index contributed by atoms with van der Waals surface area (Å²) in [5.74, 6) is -0.357. The predicted molar refractivity (Wildman–Crippen MR) is 126 cm³/mol. The number of anilines is 1. The van der Waals surface area contributed by atoms with Gasteiger partial charge >= 0.3 is 5.97 Å². The lowest BCUT2D eigenvalue weighted by Gasteiger charge is -2.24. The first-order valence-corrected chi connectivity index (χ1v) is 11.0. The van der Waals surface area contributed by atoms with Crippen LogP contribution in [0.25, 0.3) is 21.7 Å². The summed E-state index contributed by atoms with van der Waals surface area (Å²) in [6, 6.07) is 21.2. The fourth-order valence-corrected chi connectivity index (χ4v) is 4.52. The Morgan fingerprint density at radius 2 is 1.75 bits per heavy atom. The maximum absolute atomic E-state index is 13.2. The number of nitrogens with one attached hydrogen (secondary N) is 1. The fraction of sp³-hybridized carbons (Fsp3) is 0.222. The van der Waals surface area contributed by atoms with Crippen molar-refractivity contribution < 1.29 is 14.3 Å². The lowest BCUT2D eigenvalue weighted by molar-refractivity contribution is -0.119. The van der Waals surface area contributed by atoms with Crippen LogP contribution in [0.5, 0.6) is 0 Å². The van der Waals surface area contributed by atoms with E-state index in [1.54, 1.807) is 0 Å². The SMILES string of the molecule is C[C@H]1CCc2nc3ccccc3c(C(=O)OCC(=O)Nc3cccc4ccccc34)c2C1. The molecule has 0 fully saturated rings. The van der Waals surface area contributed by atoms with E-state index in [-0.39, 0.29) is 12.5 Å². The van der Waals surface area contributed by atoms with Crippen molar-refractivity contribution in [2.45, 2.75) is 26.2 Å². The molecule has 5 nitrogen and oxygen atoms in total. The quantitative estimate of drug-likeness (QED) is 0.451. The van der Waals surface area contributed by atoms with Crippen LogP contribution in [0.4, 0.5) is 5.69 Å². The zero-order valence-electron chi connectivity index (χ0n) is 17.9. The predicted octanol–water partition coefficient (Wildman–Crippen LogP) is 5.31. The van der Waals surface area contributed by atoms with Gasteiger partial charge in [0, 0.05) is 22.2 Å². The van der Waals surface area contributed by atoms with Gasteiger partial charge in [0.1, 0.15) is 0 Å². The summed E-state index contributed by atoms with van der Waals surface area (Å²) in [7, 11) is 0. The largest absolute Gasteiger partial charge is 0.452 e. The van der Waals surface area contributed by atoms with E-state index >= 15 is 0 Å². The Morgan fingerprint density at radius 1 is 1.00 bits per heavy atom. The van der Waals surface area contributed by atoms with Gasteiger partial charge < -0.3 is 10.1 Å². The average molecular weight is 425 g/mol. The first-order chi connectivity index (χ1) is 15.6. The molecule has 0 bridgehead atoms.